The van der Waals surface area contributed by atoms with Gasteiger partial charge in [-0.3, -0.25) is 9.98 Å². The molecule has 0 atom stereocenters. The molecular formula is C9H14N4. The molecule has 0 spiro atoms. The van der Waals surface area contributed by atoms with Gasteiger partial charge in [0.25, 0.3) is 0 Å². The summed E-state index contributed by atoms with van der Waals surface area (Å²) < 4.78 is 0. The number of aliphatic imine (C=N–C) groups is 1. The Labute approximate surface area is 77.7 Å². The van der Waals surface area contributed by atoms with Crippen LogP contribution in [0.5, 0.6) is 0 Å². The zero-order chi connectivity index (χ0) is 9.68. The number of nitrogens with two attached hydrogens (primary N) is 2. The van der Waals surface area contributed by atoms with Crippen LogP contribution in [0, 0.1) is 6.92 Å². The Balaban J connectivity index is 2.77. The van der Waals surface area contributed by atoms with E-state index in [9.17, 15) is 0 Å². The molecule has 13 heavy (non-hydrogen) atoms. The Morgan fingerprint density at radius 3 is 2.85 bits per heavy atom. The van der Waals surface area contributed by atoms with Crippen LogP contribution in [-0.4, -0.2) is 23.9 Å². The lowest BCUT2D eigenvalue weighted by molar-refractivity contribution is 0.971. The lowest BCUT2D eigenvalue weighted by Gasteiger charge is -1.99. The maximum Gasteiger partial charge on any atom is 0.144 e. The SMILES string of the molecule is Cc1ccc(C(N)=NCCN)nc1. The van der Waals surface area contributed by atoms with Crippen LogP contribution in [-0.2, 0) is 0 Å². The molecule has 0 aliphatic heterocycles. The molecule has 1 aromatic rings. The minimum Gasteiger partial charge on any atom is -0.382 e. The van der Waals surface area contributed by atoms with Crippen molar-refractivity contribution in [2.45, 2.75) is 6.92 Å². The van der Waals surface area contributed by atoms with Gasteiger partial charge in [0.2, 0.25) is 0 Å². The molecule has 0 aromatic carbocycles. The smallest absolute Gasteiger partial charge is 0.144 e. The van der Waals surface area contributed by atoms with Crippen LogP contribution < -0.4 is 11.5 Å². The second-order valence-corrected chi connectivity index (χ2v) is 2.78. The van der Waals surface area contributed by atoms with Crippen molar-refractivity contribution in [3.8, 4) is 0 Å². The van der Waals surface area contributed by atoms with Crippen molar-refractivity contribution in [2.75, 3.05) is 13.1 Å². The monoisotopic (exact) mass is 178 g/mol. The fourth-order valence-electron chi connectivity index (χ4n) is 0.885. The van der Waals surface area contributed by atoms with Crippen molar-refractivity contribution in [1.29, 1.82) is 0 Å². The maximum atomic E-state index is 5.66. The van der Waals surface area contributed by atoms with Gasteiger partial charge in [-0.2, -0.15) is 0 Å². The number of amidine groups is 1. The Morgan fingerprint density at radius 2 is 2.31 bits per heavy atom. The fraction of sp³-hybridized carbons (Fsp3) is 0.333. The van der Waals surface area contributed by atoms with Gasteiger partial charge >= 0.3 is 0 Å². The predicted molar refractivity (Wildman–Crippen MR) is 53.6 cm³/mol. The molecule has 1 aromatic heterocycles. The second kappa shape index (κ2) is 4.57. The Hall–Kier alpha value is -1.42. The highest BCUT2D eigenvalue weighted by molar-refractivity contribution is 5.95. The quantitative estimate of drug-likeness (QED) is 0.507. The summed E-state index contributed by atoms with van der Waals surface area (Å²) in [5.41, 5.74) is 12.8. The first kappa shape index (κ1) is 9.67. The summed E-state index contributed by atoms with van der Waals surface area (Å²) in [7, 11) is 0. The lowest BCUT2D eigenvalue weighted by atomic mass is 10.2. The van der Waals surface area contributed by atoms with Crippen molar-refractivity contribution >= 4 is 5.84 Å². The first-order chi connectivity index (χ1) is 6.24. The van der Waals surface area contributed by atoms with Crippen LogP contribution in [0.15, 0.2) is 23.3 Å². The molecule has 1 heterocycles. The largest absolute Gasteiger partial charge is 0.382 e. The van der Waals surface area contributed by atoms with Gasteiger partial charge in [0.15, 0.2) is 0 Å². The van der Waals surface area contributed by atoms with E-state index >= 15 is 0 Å². The van der Waals surface area contributed by atoms with Gasteiger partial charge < -0.3 is 11.5 Å². The second-order valence-electron chi connectivity index (χ2n) is 2.78. The highest BCUT2D eigenvalue weighted by atomic mass is 14.9. The van der Waals surface area contributed by atoms with E-state index in [1.807, 2.05) is 19.1 Å². The molecule has 0 unspecified atom stereocenters. The van der Waals surface area contributed by atoms with Crippen LogP contribution in [0.2, 0.25) is 0 Å². The minimum absolute atomic E-state index is 0.449. The summed E-state index contributed by atoms with van der Waals surface area (Å²) in [4.78, 5) is 8.18. The molecule has 1 rings (SSSR count). The van der Waals surface area contributed by atoms with Gasteiger partial charge in [0.05, 0.1) is 6.54 Å². The Kier molecular flexibility index (Phi) is 3.40. The zero-order valence-electron chi connectivity index (χ0n) is 7.70. The Bertz CT molecular complexity index is 289. The van der Waals surface area contributed by atoms with Crippen molar-refractivity contribution in [3.05, 3.63) is 29.6 Å². The molecule has 0 fully saturated rings. The molecule has 0 aliphatic carbocycles. The minimum atomic E-state index is 0.449. The van der Waals surface area contributed by atoms with Crippen molar-refractivity contribution < 1.29 is 0 Å². The van der Waals surface area contributed by atoms with E-state index < -0.39 is 0 Å². The lowest BCUT2D eigenvalue weighted by Crippen LogP contribution is -2.17. The van der Waals surface area contributed by atoms with E-state index in [4.69, 9.17) is 11.5 Å². The van der Waals surface area contributed by atoms with Crippen LogP contribution in [0.3, 0.4) is 0 Å². The van der Waals surface area contributed by atoms with Gasteiger partial charge in [-0.1, -0.05) is 6.07 Å². The average molecular weight is 178 g/mol. The average Bonchev–Trinajstić information content (AvgIpc) is 2.15. The number of rotatable bonds is 3. The molecule has 4 nitrogen and oxygen atoms in total. The third-order valence-corrected chi connectivity index (χ3v) is 1.59. The summed E-state index contributed by atoms with van der Waals surface area (Å²) in [6, 6.07) is 3.80. The number of nitrogens with zero attached hydrogens (tertiary/aromatic N) is 2. The molecule has 4 heteroatoms. The van der Waals surface area contributed by atoms with E-state index in [0.717, 1.165) is 5.56 Å². The summed E-state index contributed by atoms with van der Waals surface area (Å²) >= 11 is 0. The molecule has 70 valence electrons. The Morgan fingerprint density at radius 1 is 1.54 bits per heavy atom. The van der Waals surface area contributed by atoms with E-state index in [2.05, 4.69) is 9.98 Å². The molecular weight excluding hydrogens is 164 g/mol. The number of pyridine rings is 1. The zero-order valence-corrected chi connectivity index (χ0v) is 7.70. The number of aromatic nitrogens is 1. The van der Waals surface area contributed by atoms with Crippen LogP contribution in [0.25, 0.3) is 0 Å². The topological polar surface area (TPSA) is 77.3 Å². The highest BCUT2D eigenvalue weighted by Crippen LogP contribution is 1.97. The third-order valence-electron chi connectivity index (χ3n) is 1.59. The summed E-state index contributed by atoms with van der Waals surface area (Å²) in [6.07, 6.45) is 1.76. The standard InChI is InChI=1S/C9H14N4/c1-7-2-3-8(13-6-7)9(11)12-5-4-10/h2-3,6H,4-5,10H2,1H3,(H2,11,12). The maximum absolute atomic E-state index is 5.66. The van der Waals surface area contributed by atoms with Crippen molar-refractivity contribution in [1.82, 2.24) is 4.98 Å². The van der Waals surface area contributed by atoms with Crippen molar-refractivity contribution in [2.24, 2.45) is 16.5 Å². The normalized spacial score (nSPS) is 11.7. The molecule has 0 radical (unpaired) electrons. The van der Waals surface area contributed by atoms with E-state index in [1.54, 1.807) is 6.20 Å². The summed E-state index contributed by atoms with van der Waals surface area (Å²) in [5.74, 6) is 0.449. The number of aryl methyl sites for hydroxylation is 1. The molecule has 0 saturated heterocycles. The van der Waals surface area contributed by atoms with E-state index in [0.29, 0.717) is 24.6 Å². The first-order valence-corrected chi connectivity index (χ1v) is 4.17. The molecule has 0 aliphatic rings. The number of hydrogen-bond donors (Lipinski definition) is 2. The summed E-state index contributed by atoms with van der Waals surface area (Å²) in [5, 5.41) is 0. The third kappa shape index (κ3) is 2.83. The number of hydrogen-bond acceptors (Lipinski definition) is 3. The summed E-state index contributed by atoms with van der Waals surface area (Å²) in [6.45, 7) is 3.03. The molecule has 4 N–H and O–H groups in total. The van der Waals surface area contributed by atoms with E-state index in [1.165, 1.54) is 0 Å². The molecule has 0 amide bonds. The molecule has 0 saturated carbocycles. The fourth-order valence-corrected chi connectivity index (χ4v) is 0.885. The first-order valence-electron chi connectivity index (χ1n) is 4.17. The van der Waals surface area contributed by atoms with Crippen LogP contribution >= 0.6 is 0 Å². The van der Waals surface area contributed by atoms with Crippen LogP contribution in [0.1, 0.15) is 11.3 Å². The van der Waals surface area contributed by atoms with Crippen molar-refractivity contribution in [3.63, 3.8) is 0 Å². The van der Waals surface area contributed by atoms with Gasteiger partial charge in [0, 0.05) is 12.7 Å². The van der Waals surface area contributed by atoms with Gasteiger partial charge in [-0.15, -0.1) is 0 Å². The highest BCUT2D eigenvalue weighted by Gasteiger charge is 1.97. The van der Waals surface area contributed by atoms with Gasteiger partial charge in [-0.25, -0.2) is 0 Å². The van der Waals surface area contributed by atoms with E-state index in [-0.39, 0.29) is 0 Å². The molecule has 0 bridgehead atoms. The van der Waals surface area contributed by atoms with Gasteiger partial charge in [-0.05, 0) is 18.6 Å². The van der Waals surface area contributed by atoms with Crippen LogP contribution in [0.4, 0.5) is 0 Å². The predicted octanol–water partition coefficient (Wildman–Crippen LogP) is 0.0540. The van der Waals surface area contributed by atoms with Gasteiger partial charge in [0.1, 0.15) is 11.5 Å².